The molecule has 1 aromatic carbocycles. The van der Waals surface area contributed by atoms with Crippen molar-refractivity contribution in [2.75, 3.05) is 21.3 Å². The highest BCUT2D eigenvalue weighted by molar-refractivity contribution is 5.85. The van der Waals surface area contributed by atoms with Crippen LogP contribution in [0.25, 0.3) is 0 Å². The smallest absolute Gasteiger partial charge is 0.320 e. The molecule has 1 rings (SSSR count). The zero-order valence-electron chi connectivity index (χ0n) is 15.9. The van der Waals surface area contributed by atoms with Crippen LogP contribution in [0.4, 0.5) is 0 Å². The number of nitrogens with zero attached hydrogens (tertiary/aromatic N) is 1. The van der Waals surface area contributed by atoms with Gasteiger partial charge in [-0.3, -0.25) is 14.9 Å². The minimum absolute atomic E-state index is 0. The van der Waals surface area contributed by atoms with Crippen molar-refractivity contribution in [2.45, 2.75) is 45.3 Å². The molecule has 2 unspecified atom stereocenters. The fraction of sp³-hybridized carbons (Fsp3) is 0.556. The summed E-state index contributed by atoms with van der Waals surface area (Å²) >= 11 is 0. The Kier molecular flexibility index (Phi) is 10.7. The van der Waals surface area contributed by atoms with Gasteiger partial charge in [-0.1, -0.05) is 19.4 Å². The number of ether oxygens (including phenoxy) is 2. The van der Waals surface area contributed by atoms with E-state index in [1.54, 1.807) is 39.2 Å². The van der Waals surface area contributed by atoms with Gasteiger partial charge in [0.2, 0.25) is 5.91 Å². The summed E-state index contributed by atoms with van der Waals surface area (Å²) in [6.45, 7) is 3.98. The fourth-order valence-electron chi connectivity index (χ4n) is 2.60. The molecular weight excluding hydrogens is 360 g/mol. The van der Waals surface area contributed by atoms with E-state index in [0.29, 0.717) is 24.5 Å². The van der Waals surface area contributed by atoms with Crippen molar-refractivity contribution >= 4 is 24.3 Å². The van der Waals surface area contributed by atoms with Crippen LogP contribution in [-0.2, 0) is 16.1 Å². The number of benzene rings is 1. The van der Waals surface area contributed by atoms with Crippen LogP contribution in [0, 0.1) is 0 Å². The molecule has 2 atom stereocenters. The van der Waals surface area contributed by atoms with E-state index < -0.39 is 18.1 Å². The van der Waals surface area contributed by atoms with E-state index in [1.165, 1.54) is 0 Å². The van der Waals surface area contributed by atoms with E-state index in [4.69, 9.17) is 9.47 Å². The van der Waals surface area contributed by atoms with E-state index in [2.05, 4.69) is 5.32 Å². The minimum atomic E-state index is -0.941. The highest BCUT2D eigenvalue weighted by Crippen LogP contribution is 2.27. The molecule has 0 radical (unpaired) electrons. The number of halogens is 1. The molecule has 0 aliphatic heterocycles. The van der Waals surface area contributed by atoms with Crippen molar-refractivity contribution in [3.63, 3.8) is 0 Å². The summed E-state index contributed by atoms with van der Waals surface area (Å²) in [5, 5.41) is 12.1. The second-order valence-corrected chi connectivity index (χ2v) is 5.95. The zero-order chi connectivity index (χ0) is 19.0. The van der Waals surface area contributed by atoms with Gasteiger partial charge in [0.05, 0.1) is 20.3 Å². The lowest BCUT2D eigenvalue weighted by molar-refractivity contribution is -0.140. The maximum absolute atomic E-state index is 12.5. The van der Waals surface area contributed by atoms with Gasteiger partial charge in [0.1, 0.15) is 6.04 Å². The van der Waals surface area contributed by atoms with Crippen LogP contribution >= 0.6 is 12.4 Å². The maximum atomic E-state index is 12.5. The van der Waals surface area contributed by atoms with Crippen LogP contribution in [-0.4, -0.2) is 55.2 Å². The predicted molar refractivity (Wildman–Crippen MR) is 102 cm³/mol. The van der Waals surface area contributed by atoms with Crippen LogP contribution in [0.1, 0.15) is 32.3 Å². The average molecular weight is 389 g/mol. The summed E-state index contributed by atoms with van der Waals surface area (Å²) < 4.78 is 10.5. The summed E-state index contributed by atoms with van der Waals surface area (Å²) in [7, 11) is 4.81. The lowest BCUT2D eigenvalue weighted by atomic mass is 10.1. The van der Waals surface area contributed by atoms with Crippen LogP contribution in [0.3, 0.4) is 0 Å². The molecule has 1 amide bonds. The Morgan fingerprint density at radius 1 is 1.23 bits per heavy atom. The first-order valence-electron chi connectivity index (χ1n) is 8.28. The van der Waals surface area contributed by atoms with Crippen LogP contribution < -0.4 is 14.8 Å². The number of aliphatic carboxylic acids is 1. The number of carboxylic acid groups (broad SMARTS) is 1. The second-order valence-electron chi connectivity index (χ2n) is 5.95. The lowest BCUT2D eigenvalue weighted by Crippen LogP contribution is -2.49. The molecule has 0 fully saturated rings. The van der Waals surface area contributed by atoms with Crippen molar-refractivity contribution in [1.29, 1.82) is 0 Å². The van der Waals surface area contributed by atoms with Gasteiger partial charge >= 0.3 is 5.97 Å². The van der Waals surface area contributed by atoms with E-state index >= 15 is 0 Å². The SMILES string of the molecule is CCCC(NC(C)C(=O)N(C)Cc1ccc(OC)c(OC)c1)C(=O)O.Cl. The maximum Gasteiger partial charge on any atom is 0.320 e. The standard InChI is InChI=1S/C18H28N2O5.ClH/c1-6-7-14(18(22)23)19-12(2)17(21)20(3)11-13-8-9-15(24-4)16(10-13)25-5;/h8-10,12,14,19H,6-7,11H2,1-5H3,(H,22,23);1H. The molecule has 1 aromatic rings. The Morgan fingerprint density at radius 2 is 1.85 bits per heavy atom. The first-order chi connectivity index (χ1) is 11.8. The Hall–Kier alpha value is -1.99. The first kappa shape index (κ1) is 24.0. The third kappa shape index (κ3) is 6.72. The molecule has 148 valence electrons. The molecule has 0 bridgehead atoms. The topological polar surface area (TPSA) is 88.1 Å². The lowest BCUT2D eigenvalue weighted by Gasteiger charge is -2.25. The third-order valence-electron chi connectivity index (χ3n) is 3.94. The van der Waals surface area contributed by atoms with Crippen LogP contribution in [0.5, 0.6) is 11.5 Å². The van der Waals surface area contributed by atoms with Gasteiger partial charge in [0.25, 0.3) is 0 Å². The minimum Gasteiger partial charge on any atom is -0.493 e. The number of carboxylic acids is 1. The second kappa shape index (κ2) is 11.6. The largest absolute Gasteiger partial charge is 0.493 e. The van der Waals surface area contributed by atoms with Crippen molar-refractivity contribution in [2.24, 2.45) is 0 Å². The molecule has 26 heavy (non-hydrogen) atoms. The van der Waals surface area contributed by atoms with Gasteiger partial charge in [0.15, 0.2) is 11.5 Å². The molecule has 8 heteroatoms. The van der Waals surface area contributed by atoms with Gasteiger partial charge in [-0.2, -0.15) is 0 Å². The highest BCUT2D eigenvalue weighted by atomic mass is 35.5. The van der Waals surface area contributed by atoms with Gasteiger partial charge < -0.3 is 19.5 Å². The van der Waals surface area contributed by atoms with Crippen molar-refractivity contribution < 1.29 is 24.2 Å². The molecule has 0 aromatic heterocycles. The molecule has 0 saturated heterocycles. The molecule has 0 heterocycles. The summed E-state index contributed by atoms with van der Waals surface area (Å²) in [5.41, 5.74) is 0.893. The van der Waals surface area contributed by atoms with Crippen molar-refractivity contribution in [3.05, 3.63) is 23.8 Å². The summed E-state index contributed by atoms with van der Waals surface area (Å²) in [4.78, 5) is 25.3. The van der Waals surface area contributed by atoms with Crippen molar-refractivity contribution in [1.82, 2.24) is 10.2 Å². The highest BCUT2D eigenvalue weighted by Gasteiger charge is 2.24. The zero-order valence-corrected chi connectivity index (χ0v) is 16.8. The number of likely N-dealkylation sites (N-methyl/N-ethyl adjacent to an activating group) is 1. The number of rotatable bonds is 10. The molecule has 0 spiro atoms. The Balaban J connectivity index is 0.00000625. The van der Waals surface area contributed by atoms with E-state index in [1.807, 2.05) is 19.1 Å². The quantitative estimate of drug-likeness (QED) is 0.639. The molecule has 2 N–H and O–H groups in total. The summed E-state index contributed by atoms with van der Waals surface area (Å²) in [5.74, 6) is 0.112. The number of hydrogen-bond acceptors (Lipinski definition) is 5. The predicted octanol–water partition coefficient (Wildman–Crippen LogP) is 2.32. The summed E-state index contributed by atoms with van der Waals surface area (Å²) in [6.07, 6.45) is 1.21. The number of nitrogens with one attached hydrogen (secondary N) is 1. The fourth-order valence-corrected chi connectivity index (χ4v) is 2.60. The van der Waals surface area contributed by atoms with Gasteiger partial charge in [0, 0.05) is 13.6 Å². The Morgan fingerprint density at radius 3 is 2.35 bits per heavy atom. The number of hydrogen-bond donors (Lipinski definition) is 2. The van der Waals surface area contributed by atoms with Crippen LogP contribution in [0.2, 0.25) is 0 Å². The monoisotopic (exact) mass is 388 g/mol. The number of amides is 1. The third-order valence-corrected chi connectivity index (χ3v) is 3.94. The molecular formula is C18H29ClN2O5. The van der Waals surface area contributed by atoms with E-state index in [-0.39, 0.29) is 18.3 Å². The normalized spacial score (nSPS) is 12.5. The average Bonchev–Trinajstić information content (AvgIpc) is 2.60. The van der Waals surface area contributed by atoms with Gasteiger partial charge in [-0.15, -0.1) is 12.4 Å². The molecule has 7 nitrogen and oxygen atoms in total. The molecule has 0 aliphatic carbocycles. The van der Waals surface area contributed by atoms with E-state index in [9.17, 15) is 14.7 Å². The summed E-state index contributed by atoms with van der Waals surface area (Å²) in [6, 6.07) is 4.16. The number of methoxy groups -OCH3 is 2. The van der Waals surface area contributed by atoms with Gasteiger partial charge in [-0.25, -0.2) is 0 Å². The molecule has 0 aliphatic rings. The van der Waals surface area contributed by atoms with E-state index in [0.717, 1.165) is 12.0 Å². The van der Waals surface area contributed by atoms with Gasteiger partial charge in [-0.05, 0) is 31.0 Å². The Bertz CT molecular complexity index is 597. The first-order valence-corrected chi connectivity index (χ1v) is 8.28. The number of carbonyl (C=O) groups excluding carboxylic acids is 1. The Labute approximate surface area is 161 Å². The number of carbonyl (C=O) groups is 2. The van der Waals surface area contributed by atoms with Crippen molar-refractivity contribution in [3.8, 4) is 11.5 Å². The molecule has 0 saturated carbocycles. The van der Waals surface area contributed by atoms with Crippen LogP contribution in [0.15, 0.2) is 18.2 Å².